The maximum atomic E-state index is 13.7. The number of benzene rings is 1. The van der Waals surface area contributed by atoms with Crippen molar-refractivity contribution in [3.63, 3.8) is 0 Å². The molecule has 1 aliphatic carbocycles. The molecule has 1 amide bonds. The Hall–Kier alpha value is -1.91. The second-order valence-electron chi connectivity index (χ2n) is 4.61. The predicted molar refractivity (Wildman–Crippen MR) is 62.6 cm³/mol. The number of carboxylic acid groups (broad SMARTS) is 1. The van der Waals surface area contributed by atoms with E-state index in [0.29, 0.717) is 12.1 Å². The summed E-state index contributed by atoms with van der Waals surface area (Å²) in [5.41, 5.74) is 0.250. The minimum atomic E-state index is -1.16. The summed E-state index contributed by atoms with van der Waals surface area (Å²) in [4.78, 5) is 21.6. The van der Waals surface area contributed by atoms with Gasteiger partial charge >= 0.3 is 5.97 Å². The van der Waals surface area contributed by atoms with Crippen molar-refractivity contribution in [2.45, 2.75) is 24.7 Å². The van der Waals surface area contributed by atoms with Crippen molar-refractivity contribution in [1.29, 1.82) is 0 Å². The van der Waals surface area contributed by atoms with Gasteiger partial charge in [-0.1, -0.05) is 18.2 Å². The number of hydrogen-bond donors (Lipinski definition) is 2. The minimum absolute atomic E-state index is 0.275. The Morgan fingerprint density at radius 2 is 2.00 bits per heavy atom. The van der Waals surface area contributed by atoms with Gasteiger partial charge in [0.2, 0.25) is 5.91 Å². The van der Waals surface area contributed by atoms with Crippen molar-refractivity contribution >= 4 is 11.9 Å². The zero-order valence-electron chi connectivity index (χ0n) is 9.78. The lowest BCUT2D eigenvalue weighted by Gasteiger charge is -2.17. The zero-order valence-corrected chi connectivity index (χ0v) is 9.78. The standard InChI is InChI=1S/C13H14FNO3/c14-10-4-2-1-3-9(10)13(5-6-13)8-15-11(16)7-12(17)18/h1-4H,5-8H2,(H,15,16)(H,17,18). The van der Waals surface area contributed by atoms with E-state index in [1.54, 1.807) is 18.2 Å². The fourth-order valence-corrected chi connectivity index (χ4v) is 2.05. The van der Waals surface area contributed by atoms with Gasteiger partial charge in [0.1, 0.15) is 12.2 Å². The number of aliphatic carboxylic acids is 1. The van der Waals surface area contributed by atoms with Gasteiger partial charge in [-0.2, -0.15) is 0 Å². The van der Waals surface area contributed by atoms with Gasteiger partial charge in [-0.25, -0.2) is 4.39 Å². The average molecular weight is 251 g/mol. The van der Waals surface area contributed by atoms with E-state index in [1.165, 1.54) is 6.07 Å². The molecule has 2 rings (SSSR count). The molecule has 0 aromatic heterocycles. The van der Waals surface area contributed by atoms with Crippen LogP contribution in [0.5, 0.6) is 0 Å². The number of halogens is 1. The number of hydrogen-bond acceptors (Lipinski definition) is 2. The summed E-state index contributed by atoms with van der Waals surface area (Å²) in [6, 6.07) is 6.50. The Bertz CT molecular complexity index is 483. The minimum Gasteiger partial charge on any atom is -0.481 e. The van der Waals surface area contributed by atoms with Crippen molar-refractivity contribution in [3.05, 3.63) is 35.6 Å². The number of nitrogens with one attached hydrogen (secondary N) is 1. The van der Waals surface area contributed by atoms with Crippen LogP contribution in [0.4, 0.5) is 4.39 Å². The summed E-state index contributed by atoms with van der Waals surface area (Å²) >= 11 is 0. The SMILES string of the molecule is O=C(O)CC(=O)NCC1(c2ccccc2F)CC1. The first kappa shape index (κ1) is 12.5. The molecular weight excluding hydrogens is 237 g/mol. The highest BCUT2D eigenvalue weighted by molar-refractivity contribution is 5.93. The largest absolute Gasteiger partial charge is 0.481 e. The lowest BCUT2D eigenvalue weighted by molar-refractivity contribution is -0.140. The number of amides is 1. The Balaban J connectivity index is 1.99. The molecule has 0 heterocycles. The van der Waals surface area contributed by atoms with Gasteiger partial charge in [0.05, 0.1) is 0 Å². The van der Waals surface area contributed by atoms with Crippen LogP contribution in [0.2, 0.25) is 0 Å². The fraction of sp³-hybridized carbons (Fsp3) is 0.385. The van der Waals surface area contributed by atoms with E-state index in [0.717, 1.165) is 12.8 Å². The number of rotatable bonds is 5. The molecule has 2 N–H and O–H groups in total. The average Bonchev–Trinajstić information content (AvgIpc) is 3.07. The third-order valence-corrected chi connectivity index (χ3v) is 3.23. The Morgan fingerprint density at radius 1 is 1.33 bits per heavy atom. The van der Waals surface area contributed by atoms with E-state index in [4.69, 9.17) is 5.11 Å². The number of carbonyl (C=O) groups is 2. The molecule has 1 aliphatic rings. The number of carbonyl (C=O) groups excluding carboxylic acids is 1. The fourth-order valence-electron chi connectivity index (χ4n) is 2.05. The van der Waals surface area contributed by atoms with Gasteiger partial charge in [0.15, 0.2) is 0 Å². The Morgan fingerprint density at radius 3 is 2.56 bits per heavy atom. The van der Waals surface area contributed by atoms with E-state index in [2.05, 4.69) is 5.32 Å². The normalized spacial score (nSPS) is 16.1. The van der Waals surface area contributed by atoms with Crippen LogP contribution in [0.15, 0.2) is 24.3 Å². The highest BCUT2D eigenvalue weighted by Crippen LogP contribution is 2.48. The third kappa shape index (κ3) is 2.67. The highest BCUT2D eigenvalue weighted by Gasteiger charge is 2.45. The molecule has 0 saturated heterocycles. The Kier molecular flexibility index (Phi) is 3.32. The summed E-state index contributed by atoms with van der Waals surface area (Å²) < 4.78 is 13.7. The summed E-state index contributed by atoms with van der Waals surface area (Å²) in [6.45, 7) is 0.292. The molecule has 0 unspecified atom stereocenters. The van der Waals surface area contributed by atoms with Crippen molar-refractivity contribution < 1.29 is 19.1 Å². The zero-order chi connectivity index (χ0) is 13.2. The van der Waals surface area contributed by atoms with Crippen molar-refractivity contribution in [2.24, 2.45) is 0 Å². The lowest BCUT2D eigenvalue weighted by Crippen LogP contribution is -2.33. The molecule has 0 bridgehead atoms. The first-order valence-electron chi connectivity index (χ1n) is 5.77. The number of carboxylic acids is 1. The molecule has 0 radical (unpaired) electrons. The van der Waals surface area contributed by atoms with E-state index in [-0.39, 0.29) is 11.2 Å². The van der Waals surface area contributed by atoms with Gasteiger partial charge in [-0.3, -0.25) is 9.59 Å². The maximum absolute atomic E-state index is 13.7. The first-order valence-corrected chi connectivity index (χ1v) is 5.77. The van der Waals surface area contributed by atoms with Gasteiger partial charge in [0.25, 0.3) is 0 Å². The highest BCUT2D eigenvalue weighted by atomic mass is 19.1. The van der Waals surface area contributed by atoms with Crippen LogP contribution >= 0.6 is 0 Å². The van der Waals surface area contributed by atoms with Gasteiger partial charge < -0.3 is 10.4 Å². The van der Waals surface area contributed by atoms with E-state index < -0.39 is 18.3 Å². The topological polar surface area (TPSA) is 66.4 Å². The van der Waals surface area contributed by atoms with Gasteiger partial charge in [-0.15, -0.1) is 0 Å². The molecule has 1 aromatic rings. The summed E-state index contributed by atoms with van der Waals surface area (Å²) in [6.07, 6.45) is 1.07. The molecule has 96 valence electrons. The molecule has 5 heteroatoms. The molecule has 0 aliphatic heterocycles. The second kappa shape index (κ2) is 4.76. The smallest absolute Gasteiger partial charge is 0.312 e. The first-order chi connectivity index (χ1) is 8.53. The summed E-state index contributed by atoms with van der Waals surface area (Å²) in [5, 5.41) is 11.0. The van der Waals surface area contributed by atoms with Crippen LogP contribution in [0.25, 0.3) is 0 Å². The van der Waals surface area contributed by atoms with E-state index in [9.17, 15) is 14.0 Å². The summed E-state index contributed by atoms with van der Waals surface area (Å²) in [5.74, 6) is -1.98. The molecule has 1 saturated carbocycles. The second-order valence-corrected chi connectivity index (χ2v) is 4.61. The van der Waals surface area contributed by atoms with E-state index in [1.807, 2.05) is 0 Å². The molecule has 4 nitrogen and oxygen atoms in total. The molecule has 0 atom stereocenters. The van der Waals surface area contributed by atoms with Crippen LogP contribution in [0.3, 0.4) is 0 Å². The molecule has 0 spiro atoms. The van der Waals surface area contributed by atoms with Gasteiger partial charge in [0, 0.05) is 12.0 Å². The van der Waals surface area contributed by atoms with Gasteiger partial charge in [-0.05, 0) is 24.5 Å². The van der Waals surface area contributed by atoms with Crippen LogP contribution in [-0.4, -0.2) is 23.5 Å². The van der Waals surface area contributed by atoms with Crippen molar-refractivity contribution in [3.8, 4) is 0 Å². The van der Waals surface area contributed by atoms with Crippen LogP contribution in [-0.2, 0) is 15.0 Å². The maximum Gasteiger partial charge on any atom is 0.312 e. The molecular formula is C13H14FNO3. The van der Waals surface area contributed by atoms with Crippen LogP contribution in [0.1, 0.15) is 24.8 Å². The molecule has 1 fully saturated rings. The van der Waals surface area contributed by atoms with Crippen LogP contribution < -0.4 is 5.32 Å². The Labute approximate surface area is 104 Å². The quantitative estimate of drug-likeness (QED) is 0.778. The van der Waals surface area contributed by atoms with E-state index >= 15 is 0 Å². The van der Waals surface area contributed by atoms with Crippen LogP contribution in [0, 0.1) is 5.82 Å². The predicted octanol–water partition coefficient (Wildman–Crippen LogP) is 1.45. The monoisotopic (exact) mass is 251 g/mol. The van der Waals surface area contributed by atoms with Crippen molar-refractivity contribution in [1.82, 2.24) is 5.32 Å². The summed E-state index contributed by atoms with van der Waals surface area (Å²) in [7, 11) is 0. The lowest BCUT2D eigenvalue weighted by atomic mass is 9.95. The molecule has 18 heavy (non-hydrogen) atoms. The van der Waals surface area contributed by atoms with Crippen molar-refractivity contribution in [2.75, 3.05) is 6.54 Å². The molecule has 1 aromatic carbocycles. The third-order valence-electron chi connectivity index (χ3n) is 3.23.